The van der Waals surface area contributed by atoms with Crippen molar-refractivity contribution >= 4 is 27.5 Å². The molecule has 0 aromatic rings. The number of hydrogen-bond donors (Lipinski definition) is 0. The summed E-state index contributed by atoms with van der Waals surface area (Å²) in [7, 11) is 2.14. The molecular formula is C10H20InNO. The third-order valence-corrected chi connectivity index (χ3v) is 12.1. The first-order chi connectivity index (χ1) is 6.02. The van der Waals surface area contributed by atoms with Crippen LogP contribution in [0.25, 0.3) is 0 Å². The number of rotatable bonds is 5. The van der Waals surface area contributed by atoms with E-state index in [1.54, 1.807) is 13.0 Å². The van der Waals surface area contributed by atoms with Crippen molar-refractivity contribution in [1.29, 1.82) is 0 Å². The fourth-order valence-corrected chi connectivity index (χ4v) is 8.15. The van der Waals surface area contributed by atoms with Gasteiger partial charge in [0.25, 0.3) is 0 Å². The molecule has 0 aliphatic rings. The molecule has 0 fully saturated rings. The zero-order valence-corrected chi connectivity index (χ0v) is 12.7. The van der Waals surface area contributed by atoms with Gasteiger partial charge in [0.15, 0.2) is 0 Å². The van der Waals surface area contributed by atoms with Crippen LogP contribution in [0.4, 0.5) is 0 Å². The molecule has 0 bridgehead atoms. The summed E-state index contributed by atoms with van der Waals surface area (Å²) in [6.45, 7) is 8.18. The molecule has 3 heteroatoms. The molecule has 0 atom stereocenters. The van der Waals surface area contributed by atoms with Crippen LogP contribution in [0.2, 0.25) is 8.35 Å². The van der Waals surface area contributed by atoms with Crippen LogP contribution in [-0.4, -0.2) is 37.4 Å². The van der Waals surface area contributed by atoms with Crippen LogP contribution in [0.15, 0.2) is 11.8 Å². The SMILES string of the molecule is C[CH2][In]([CH2]C)[N](C)/C(C)=C\C(C)=O. The third-order valence-electron chi connectivity index (χ3n) is 2.46. The van der Waals surface area contributed by atoms with Gasteiger partial charge in [0.2, 0.25) is 0 Å². The summed E-state index contributed by atoms with van der Waals surface area (Å²) in [5.74, 6) is 0.154. The number of allylic oxidation sites excluding steroid dienone is 2. The van der Waals surface area contributed by atoms with Gasteiger partial charge in [0.1, 0.15) is 0 Å². The Bertz CT molecular complexity index is 197. The zero-order chi connectivity index (χ0) is 10.4. The first-order valence-electron chi connectivity index (χ1n) is 4.94. The number of nitrogens with zero attached hydrogens (tertiary/aromatic N) is 1. The van der Waals surface area contributed by atoms with Crippen LogP contribution < -0.4 is 0 Å². The Kier molecular flexibility index (Phi) is 6.56. The van der Waals surface area contributed by atoms with Crippen molar-refractivity contribution in [3.05, 3.63) is 11.8 Å². The van der Waals surface area contributed by atoms with Crippen LogP contribution in [-0.2, 0) is 4.79 Å². The van der Waals surface area contributed by atoms with Gasteiger partial charge < -0.3 is 0 Å². The van der Waals surface area contributed by atoms with Gasteiger partial charge in [0, 0.05) is 0 Å². The van der Waals surface area contributed by atoms with Crippen molar-refractivity contribution in [2.75, 3.05) is 7.05 Å². The molecule has 0 aliphatic heterocycles. The topological polar surface area (TPSA) is 20.3 Å². The van der Waals surface area contributed by atoms with Crippen LogP contribution in [0.3, 0.4) is 0 Å². The molecule has 0 saturated heterocycles. The fraction of sp³-hybridized carbons (Fsp3) is 0.700. The molecular weight excluding hydrogens is 265 g/mol. The van der Waals surface area contributed by atoms with Gasteiger partial charge in [-0.25, -0.2) is 0 Å². The molecule has 0 spiro atoms. The van der Waals surface area contributed by atoms with Gasteiger partial charge in [0.05, 0.1) is 0 Å². The molecule has 0 aromatic heterocycles. The zero-order valence-electron chi connectivity index (χ0n) is 9.42. The Morgan fingerprint density at radius 2 is 1.77 bits per heavy atom. The molecule has 13 heavy (non-hydrogen) atoms. The van der Waals surface area contributed by atoms with E-state index in [2.05, 4.69) is 23.8 Å². The van der Waals surface area contributed by atoms with Gasteiger partial charge in [-0.3, -0.25) is 0 Å². The van der Waals surface area contributed by atoms with E-state index in [-0.39, 0.29) is 5.78 Å². The summed E-state index contributed by atoms with van der Waals surface area (Å²) < 4.78 is 5.05. The second kappa shape index (κ2) is 6.52. The number of ketones is 1. The van der Waals surface area contributed by atoms with Crippen LogP contribution in [0, 0.1) is 0 Å². The molecule has 0 N–H and O–H groups in total. The molecule has 0 rings (SSSR count). The van der Waals surface area contributed by atoms with Crippen LogP contribution in [0.1, 0.15) is 27.7 Å². The Balaban J connectivity index is 4.38. The Morgan fingerprint density at radius 3 is 2.08 bits per heavy atom. The Hall–Kier alpha value is 0.0801. The van der Waals surface area contributed by atoms with E-state index in [1.165, 1.54) is 8.35 Å². The van der Waals surface area contributed by atoms with Gasteiger partial charge in [-0.15, -0.1) is 0 Å². The Labute approximate surface area is 89.9 Å². The van der Waals surface area contributed by atoms with Crippen molar-refractivity contribution in [2.24, 2.45) is 0 Å². The monoisotopic (exact) mass is 285 g/mol. The van der Waals surface area contributed by atoms with E-state index in [0.717, 1.165) is 5.70 Å². The summed E-state index contributed by atoms with van der Waals surface area (Å²) in [6.07, 6.45) is 1.75. The first-order valence-corrected chi connectivity index (χ1v) is 11.1. The molecule has 0 amide bonds. The second-order valence-electron chi connectivity index (χ2n) is 3.48. The molecule has 0 heterocycles. The summed E-state index contributed by atoms with van der Waals surface area (Å²) in [5, 5.41) is 0. The predicted molar refractivity (Wildman–Crippen MR) is 58.9 cm³/mol. The quantitative estimate of drug-likeness (QED) is 0.723. The number of hydrogen-bond acceptors (Lipinski definition) is 2. The van der Waals surface area contributed by atoms with E-state index in [4.69, 9.17) is 0 Å². The summed E-state index contributed by atoms with van der Waals surface area (Å²) in [5.41, 5.74) is 1.15. The molecule has 0 radical (unpaired) electrons. The van der Waals surface area contributed by atoms with Gasteiger partial charge >= 0.3 is 90.1 Å². The van der Waals surface area contributed by atoms with Crippen LogP contribution in [0.5, 0.6) is 0 Å². The third kappa shape index (κ3) is 4.75. The van der Waals surface area contributed by atoms with Crippen molar-refractivity contribution in [1.82, 2.24) is 2.89 Å². The average Bonchev–Trinajstić information content (AvgIpc) is 2.05. The number of carbonyl (C=O) groups excluding carboxylic acids is 1. The second-order valence-corrected chi connectivity index (χ2v) is 14.1. The molecule has 0 aliphatic carbocycles. The van der Waals surface area contributed by atoms with Crippen LogP contribution >= 0.6 is 0 Å². The van der Waals surface area contributed by atoms with E-state index >= 15 is 0 Å². The maximum absolute atomic E-state index is 10.9. The minimum atomic E-state index is -1.48. The predicted octanol–water partition coefficient (Wildman–Crippen LogP) is 2.44. The van der Waals surface area contributed by atoms with E-state index < -0.39 is 21.7 Å². The van der Waals surface area contributed by atoms with Gasteiger partial charge in [-0.2, -0.15) is 0 Å². The summed E-state index contributed by atoms with van der Waals surface area (Å²) in [6, 6.07) is 0. The van der Waals surface area contributed by atoms with Crippen molar-refractivity contribution in [2.45, 2.75) is 36.0 Å². The number of carbonyl (C=O) groups is 1. The molecule has 74 valence electrons. The average molecular weight is 285 g/mol. The van der Waals surface area contributed by atoms with Crippen molar-refractivity contribution in [3.8, 4) is 0 Å². The molecule has 0 aromatic carbocycles. The van der Waals surface area contributed by atoms with Gasteiger partial charge in [-0.1, -0.05) is 0 Å². The first kappa shape index (κ1) is 13.1. The van der Waals surface area contributed by atoms with Gasteiger partial charge in [-0.05, 0) is 0 Å². The minimum absolute atomic E-state index is 0.154. The molecule has 0 unspecified atom stereocenters. The fourth-order valence-electron chi connectivity index (χ4n) is 1.52. The summed E-state index contributed by atoms with van der Waals surface area (Å²) in [4.78, 5) is 10.9. The maximum atomic E-state index is 10.9. The van der Waals surface area contributed by atoms with Crippen molar-refractivity contribution in [3.63, 3.8) is 0 Å². The Morgan fingerprint density at radius 1 is 1.31 bits per heavy atom. The molecule has 0 saturated carbocycles. The van der Waals surface area contributed by atoms with E-state index in [0.29, 0.717) is 0 Å². The normalized spacial score (nSPS) is 11.3. The van der Waals surface area contributed by atoms with E-state index in [1.807, 2.05) is 6.92 Å². The van der Waals surface area contributed by atoms with E-state index in [9.17, 15) is 4.79 Å². The standard InChI is InChI=1S/C6H11NO.2C2H5.In/c1-5(7-3)4-6(2)8;2*1-2;/h4H,1-3H3,(H,7,8);2*1H2,2H3;/q;;;+1/p-1. The van der Waals surface area contributed by atoms with Crippen molar-refractivity contribution < 1.29 is 4.79 Å². The molecule has 2 nitrogen and oxygen atoms in total. The summed E-state index contributed by atoms with van der Waals surface area (Å²) >= 11 is -1.48.